The second-order valence-corrected chi connectivity index (χ2v) is 23.5. The van der Waals surface area contributed by atoms with Crippen LogP contribution in [0.1, 0.15) is 99.6 Å². The van der Waals surface area contributed by atoms with Crippen LogP contribution in [0.15, 0.2) is 95.1 Å². The average Bonchev–Trinajstić information content (AvgIpc) is 0.822. The van der Waals surface area contributed by atoms with Crippen molar-refractivity contribution in [2.75, 3.05) is 26.3 Å². The summed E-state index contributed by atoms with van der Waals surface area (Å²) in [5, 5.41) is 67.2. The highest BCUT2D eigenvalue weighted by Crippen LogP contribution is 2.29. The van der Waals surface area contributed by atoms with Crippen LogP contribution in [0.3, 0.4) is 0 Å². The molecule has 0 saturated carbocycles. The number of nitrogens with one attached hydrogen (secondary N) is 8. The molecule has 0 aliphatic carbocycles. The van der Waals surface area contributed by atoms with Crippen molar-refractivity contribution in [1.82, 2.24) is 42.5 Å². The summed E-state index contributed by atoms with van der Waals surface area (Å²) < 4.78 is 21.2. The van der Waals surface area contributed by atoms with E-state index in [1.54, 1.807) is 24.3 Å². The molecule has 0 heterocycles. The number of carbonyl (C=O) groups excluding carboxylic acids is 9. The molecular weight excluding hydrogens is 1250 g/mol. The summed E-state index contributed by atoms with van der Waals surface area (Å²) in [5.41, 5.74) is 26.1. The summed E-state index contributed by atoms with van der Waals surface area (Å²) >= 11 is 0. The number of hydrazone groups is 1. The minimum atomic E-state index is -2.33. The number of aliphatic hydroxyl groups excluding tert-OH is 3. The normalized spacial score (nSPS) is 14.8. The molecule has 9 amide bonds. The van der Waals surface area contributed by atoms with Crippen molar-refractivity contribution in [3.63, 3.8) is 0 Å². The molecule has 0 spiro atoms. The Kier molecular flexibility index (Phi) is 31.5. The number of primary amides is 1. The van der Waals surface area contributed by atoms with Crippen molar-refractivity contribution in [3.05, 3.63) is 124 Å². The summed E-state index contributed by atoms with van der Waals surface area (Å²) in [5.74, 6) is -7.09. The lowest BCUT2D eigenvalue weighted by Crippen LogP contribution is -2.67. The fourth-order valence-corrected chi connectivity index (χ4v) is 10.2. The first kappa shape index (κ1) is 78.6. The predicted octanol–water partition coefficient (Wildman–Crippen LogP) is -2.59. The van der Waals surface area contributed by atoms with Gasteiger partial charge in [0.25, 0.3) is 0 Å². The third kappa shape index (κ3) is 24.8. The summed E-state index contributed by atoms with van der Waals surface area (Å²) in [6.45, 7) is 8.10. The Morgan fingerprint density at radius 2 is 1.30 bits per heavy atom. The Morgan fingerprint density at radius 3 is 1.89 bits per heavy atom. The molecule has 4 aromatic carbocycles. The first-order valence-corrected chi connectivity index (χ1v) is 31.1. The number of amidine groups is 1. The highest BCUT2D eigenvalue weighted by molar-refractivity contribution is 6.00. The van der Waals surface area contributed by atoms with E-state index in [0.29, 0.717) is 43.7 Å². The molecule has 4 rings (SSSR count). The Morgan fingerprint density at radius 1 is 0.698 bits per heavy atom. The van der Waals surface area contributed by atoms with Crippen LogP contribution in [0.5, 0.6) is 5.75 Å². The van der Waals surface area contributed by atoms with Gasteiger partial charge in [0.05, 0.1) is 44.4 Å². The first-order chi connectivity index (χ1) is 45.4. The topological polar surface area (TPSA) is 511 Å². The number of halogens is 1. The third-order valence-corrected chi connectivity index (χ3v) is 15.4. The zero-order valence-corrected chi connectivity index (χ0v) is 54.6. The van der Waals surface area contributed by atoms with Gasteiger partial charge in [0.2, 0.25) is 59.0 Å². The standard InChI is InChI=1S/C65H90FN15O15/c1-7-41-29-44(96-24-11-10-23-67)21-22-45(41)42-19-17-39(18-20-42)28-49(59(90)73-48(57(69)88)16-12-13-40-26-35(2)25-36(3)27-40)74-60(91)50(31-54(86)87)75-61(92)51(34-82)76-62(93)55(37(4)83)78-64(95)65(6,32-43-14-8-9-15-46(43)66)79-63(94)56(38(5)84)77-53(85)33-72-58(89)47(68)30-52(80-70)81-71/h8-9,14-15,17-22,25-27,29,37-38,47-51,55-56,70,82-84H,7,10-13,16,23-24,28,30-34,67-68,71H2,1-6H3,(H2,69,88)(H,72,89)(H,73,90)(H,74,91)(H,75,92)(H,76,93)(H,77,85)(H,78,95)(H,79,94)(H,86,87)/p+1/t37-,38-,47+,48+,49+,50+,51+,55+,56+,65+/m1/s1. The second kappa shape index (κ2) is 38.5. The van der Waals surface area contributed by atoms with Crippen molar-refractivity contribution in [2.45, 2.75) is 166 Å². The maximum absolute atomic E-state index is 15.3. The SMILES string of the molecule is CCc1cc(OCCCCN)ccc1-c1ccc(C[C@H](NC(=O)[C@H](CC(=O)O)NC(=O)[C@H](CO)NC(=O)[C@@H](NC(=O)[C@](C)(Cc2ccccc2F)NC(=O)[C@@H](NC(=O)CNC(=O)[C@@H](N)CC(N=[NH2+])=NN)[C@@H](C)O)[C@@H](C)O)C(=O)N[C@@H](CCCc2cc(C)cc(C)c2)C(N)=O)cc1. The van der Waals surface area contributed by atoms with Gasteiger partial charge in [0.15, 0.2) is 0 Å². The number of rotatable bonds is 39. The van der Waals surface area contributed by atoms with E-state index in [9.17, 15) is 68.4 Å². The fourth-order valence-electron chi connectivity index (χ4n) is 10.2. The van der Waals surface area contributed by atoms with Gasteiger partial charge in [-0.2, -0.15) is 10.6 Å². The number of carboxylic acids is 1. The lowest BCUT2D eigenvalue weighted by atomic mass is 9.90. The summed E-state index contributed by atoms with van der Waals surface area (Å²) in [6, 6.07) is 11.6. The molecule has 0 unspecified atom stereocenters. The monoisotopic (exact) mass is 1340 g/mol. The highest BCUT2D eigenvalue weighted by Gasteiger charge is 2.42. The number of nitrogens with two attached hydrogens (primary N) is 5. The third-order valence-electron chi connectivity index (χ3n) is 15.4. The van der Waals surface area contributed by atoms with Crippen molar-refractivity contribution < 1.29 is 83.0 Å². The van der Waals surface area contributed by atoms with Gasteiger partial charge in [-0.3, -0.25) is 47.9 Å². The quantitative estimate of drug-likeness (QED) is 0.00544. The van der Waals surface area contributed by atoms with Gasteiger partial charge in [-0.25, -0.2) is 4.39 Å². The van der Waals surface area contributed by atoms with Gasteiger partial charge in [0, 0.05) is 24.4 Å². The molecule has 0 aromatic heterocycles. The molecule has 22 N–H and O–H groups in total. The molecule has 31 heteroatoms. The van der Waals surface area contributed by atoms with E-state index >= 15 is 4.39 Å². The number of carboxylic acid groups (broad SMARTS) is 1. The van der Waals surface area contributed by atoms with Gasteiger partial charge in [-0.1, -0.05) is 84.8 Å². The Bertz CT molecular complexity index is 3390. The van der Waals surface area contributed by atoms with Gasteiger partial charge in [-0.15, -0.1) is 0 Å². The smallest absolute Gasteiger partial charge is 0.305 e. The number of unbranched alkanes of at least 4 members (excludes halogenated alkanes) is 1. The minimum absolute atomic E-state index is 0.0896. The summed E-state index contributed by atoms with van der Waals surface area (Å²) in [6.07, 6.45) is -2.66. The van der Waals surface area contributed by atoms with E-state index in [-0.39, 0.29) is 30.7 Å². The van der Waals surface area contributed by atoms with E-state index in [2.05, 4.69) is 52.7 Å². The average molecular weight is 1340 g/mol. The van der Waals surface area contributed by atoms with E-state index in [1.807, 2.05) is 57.2 Å². The number of carbonyl (C=O) groups is 10. The highest BCUT2D eigenvalue weighted by atomic mass is 19.1. The van der Waals surface area contributed by atoms with E-state index in [1.165, 1.54) is 18.2 Å². The zero-order chi connectivity index (χ0) is 71.4. The van der Waals surface area contributed by atoms with Crippen LogP contribution in [0.4, 0.5) is 4.39 Å². The number of hydrogen-bond acceptors (Lipinski definition) is 18. The van der Waals surface area contributed by atoms with Gasteiger partial charge >= 0.3 is 5.97 Å². The van der Waals surface area contributed by atoms with E-state index in [4.69, 9.17) is 33.3 Å². The lowest BCUT2D eigenvalue weighted by Gasteiger charge is -2.34. The Hall–Kier alpha value is -9.82. The summed E-state index contributed by atoms with van der Waals surface area (Å²) in [4.78, 5) is 136. The number of aliphatic carboxylic acids is 1. The van der Waals surface area contributed by atoms with Gasteiger partial charge < -0.3 is 90.7 Å². The molecule has 0 fully saturated rings. The molecule has 522 valence electrons. The molecular formula is C65H91FN15O15+. The molecule has 96 heavy (non-hydrogen) atoms. The first-order valence-electron chi connectivity index (χ1n) is 31.1. The van der Waals surface area contributed by atoms with Crippen LogP contribution in [0.2, 0.25) is 0 Å². The number of ether oxygens (including phenoxy) is 1. The molecule has 10 atom stereocenters. The largest absolute Gasteiger partial charge is 0.494 e. The minimum Gasteiger partial charge on any atom is -0.494 e. The van der Waals surface area contributed by atoms with Crippen molar-refractivity contribution in [2.24, 2.45) is 33.3 Å². The van der Waals surface area contributed by atoms with E-state index < -0.39 is 151 Å². The van der Waals surface area contributed by atoms with Crippen molar-refractivity contribution >= 4 is 65.0 Å². The van der Waals surface area contributed by atoms with Gasteiger partial charge in [0.1, 0.15) is 53.4 Å². The van der Waals surface area contributed by atoms with Crippen LogP contribution in [-0.4, -0.2) is 172 Å². The number of hydrogen-bond donors (Lipinski definition) is 17. The number of benzene rings is 4. The van der Waals surface area contributed by atoms with Crippen LogP contribution in [0.25, 0.3) is 11.1 Å². The molecule has 0 aliphatic heterocycles. The molecule has 30 nitrogen and oxygen atoms in total. The number of aryl methyl sites for hydroxylation is 4. The number of amides is 9. The van der Waals surface area contributed by atoms with Crippen LogP contribution in [0, 0.1) is 19.7 Å². The lowest BCUT2D eigenvalue weighted by molar-refractivity contribution is -0.207. The predicted molar refractivity (Wildman–Crippen MR) is 349 cm³/mol. The molecule has 0 bridgehead atoms. The van der Waals surface area contributed by atoms with Crippen LogP contribution in [-0.2, 0) is 73.6 Å². The number of nitrogens with zero attached hydrogens (tertiary/aromatic N) is 2. The fraction of sp³-hybridized carbons (Fsp3) is 0.462. The Balaban J connectivity index is 1.59. The maximum atomic E-state index is 15.3. The molecule has 0 saturated heterocycles. The second-order valence-electron chi connectivity index (χ2n) is 23.5. The maximum Gasteiger partial charge on any atom is 0.305 e. The van der Waals surface area contributed by atoms with Crippen LogP contribution < -0.4 is 75.8 Å². The van der Waals surface area contributed by atoms with Crippen molar-refractivity contribution in [3.8, 4) is 16.9 Å². The molecule has 4 aromatic rings. The van der Waals surface area contributed by atoms with Gasteiger partial charge in [-0.05, 0) is 131 Å². The van der Waals surface area contributed by atoms with Crippen LogP contribution >= 0.6 is 0 Å². The molecule has 0 radical (unpaired) electrons. The van der Waals surface area contributed by atoms with Crippen molar-refractivity contribution in [1.29, 1.82) is 0 Å². The zero-order valence-electron chi connectivity index (χ0n) is 54.6. The summed E-state index contributed by atoms with van der Waals surface area (Å²) in [7, 11) is 0. The Labute approximate surface area is 554 Å². The number of aliphatic hydroxyl groups is 3. The molecule has 0 aliphatic rings. The van der Waals surface area contributed by atoms with E-state index in [0.717, 1.165) is 73.1 Å².